The Kier molecular flexibility index (Phi) is 8.85. The standard InChI is InChI=1S/C15H30NO3/c1-5-6-9-13(17)10-7-8-11-14(18)15(19)12-16(2,3)4/h15,19H,5-12H2,1-4H3/q+1. The van der Waals surface area contributed by atoms with E-state index in [2.05, 4.69) is 6.92 Å². The van der Waals surface area contributed by atoms with E-state index in [0.29, 0.717) is 42.5 Å². The molecule has 0 amide bonds. The van der Waals surface area contributed by atoms with Gasteiger partial charge in [0.25, 0.3) is 0 Å². The van der Waals surface area contributed by atoms with E-state index in [1.807, 2.05) is 21.1 Å². The number of quaternary nitrogens is 1. The summed E-state index contributed by atoms with van der Waals surface area (Å²) < 4.78 is 0.572. The van der Waals surface area contributed by atoms with Crippen molar-refractivity contribution in [2.24, 2.45) is 0 Å². The van der Waals surface area contributed by atoms with Gasteiger partial charge in [-0.05, 0) is 19.3 Å². The highest BCUT2D eigenvalue weighted by Crippen LogP contribution is 2.08. The molecule has 112 valence electrons. The molecule has 0 aromatic heterocycles. The average Bonchev–Trinajstić information content (AvgIpc) is 2.29. The van der Waals surface area contributed by atoms with Gasteiger partial charge in [0.05, 0.1) is 21.1 Å². The number of aliphatic hydroxyl groups excluding tert-OH is 1. The number of unbranched alkanes of at least 4 members (excludes halogenated alkanes) is 2. The van der Waals surface area contributed by atoms with Crippen molar-refractivity contribution in [2.75, 3.05) is 27.7 Å². The fourth-order valence-corrected chi connectivity index (χ4v) is 1.91. The van der Waals surface area contributed by atoms with E-state index in [-0.39, 0.29) is 5.78 Å². The van der Waals surface area contributed by atoms with Gasteiger partial charge in [0.2, 0.25) is 0 Å². The first-order valence-electron chi connectivity index (χ1n) is 7.29. The third-order valence-electron chi connectivity index (χ3n) is 3.03. The fourth-order valence-electron chi connectivity index (χ4n) is 1.91. The minimum Gasteiger partial charge on any atom is -0.380 e. The van der Waals surface area contributed by atoms with Crippen LogP contribution in [0.5, 0.6) is 0 Å². The van der Waals surface area contributed by atoms with Gasteiger partial charge in [0.1, 0.15) is 12.3 Å². The molecule has 4 nitrogen and oxygen atoms in total. The Bertz CT molecular complexity index is 282. The molecule has 1 N–H and O–H groups in total. The minimum atomic E-state index is -0.879. The first-order chi connectivity index (χ1) is 8.76. The van der Waals surface area contributed by atoms with Crippen LogP contribution >= 0.6 is 0 Å². The summed E-state index contributed by atoms with van der Waals surface area (Å²) in [6, 6.07) is 0. The monoisotopic (exact) mass is 272 g/mol. The molecule has 0 aliphatic rings. The topological polar surface area (TPSA) is 54.4 Å². The molecule has 19 heavy (non-hydrogen) atoms. The van der Waals surface area contributed by atoms with Crippen molar-refractivity contribution in [3.05, 3.63) is 0 Å². The Labute approximate surface area is 117 Å². The zero-order chi connectivity index (χ0) is 14.9. The largest absolute Gasteiger partial charge is 0.380 e. The van der Waals surface area contributed by atoms with Gasteiger partial charge in [-0.3, -0.25) is 9.59 Å². The lowest BCUT2D eigenvalue weighted by Gasteiger charge is -2.26. The molecule has 0 radical (unpaired) electrons. The van der Waals surface area contributed by atoms with E-state index in [4.69, 9.17) is 0 Å². The molecule has 0 aromatic rings. The fraction of sp³-hybridized carbons (Fsp3) is 0.867. The van der Waals surface area contributed by atoms with Gasteiger partial charge < -0.3 is 9.59 Å². The number of hydrogen-bond donors (Lipinski definition) is 1. The van der Waals surface area contributed by atoms with Gasteiger partial charge in [-0.15, -0.1) is 0 Å². The van der Waals surface area contributed by atoms with Gasteiger partial charge in [-0.2, -0.15) is 0 Å². The molecule has 0 aliphatic carbocycles. The van der Waals surface area contributed by atoms with E-state index in [1.54, 1.807) is 0 Å². The summed E-state index contributed by atoms with van der Waals surface area (Å²) in [5.74, 6) is 0.190. The number of hydrogen-bond acceptors (Lipinski definition) is 3. The van der Waals surface area contributed by atoms with Crippen LogP contribution < -0.4 is 0 Å². The van der Waals surface area contributed by atoms with Crippen molar-refractivity contribution >= 4 is 11.6 Å². The number of nitrogens with zero attached hydrogens (tertiary/aromatic N) is 1. The molecular formula is C15H30NO3+. The Hall–Kier alpha value is -0.740. The second kappa shape index (κ2) is 9.21. The number of Topliss-reactive ketones (excluding diaryl/α,β-unsaturated/α-hetero) is 2. The van der Waals surface area contributed by atoms with Crippen molar-refractivity contribution in [3.8, 4) is 0 Å². The maximum absolute atomic E-state index is 11.7. The second-order valence-corrected chi connectivity index (χ2v) is 6.30. The Morgan fingerprint density at radius 1 is 1.00 bits per heavy atom. The number of ketones is 2. The predicted molar refractivity (Wildman–Crippen MR) is 76.9 cm³/mol. The van der Waals surface area contributed by atoms with Crippen molar-refractivity contribution in [2.45, 2.75) is 58.0 Å². The van der Waals surface area contributed by atoms with Crippen LogP contribution in [0.25, 0.3) is 0 Å². The quantitative estimate of drug-likeness (QED) is 0.462. The van der Waals surface area contributed by atoms with Crippen LogP contribution in [0.3, 0.4) is 0 Å². The minimum absolute atomic E-state index is 0.103. The highest BCUT2D eigenvalue weighted by atomic mass is 16.3. The summed E-state index contributed by atoms with van der Waals surface area (Å²) in [6.45, 7) is 2.51. The zero-order valence-electron chi connectivity index (χ0n) is 12.9. The number of carbonyl (C=O) groups is 2. The molecule has 4 heteroatoms. The molecule has 0 saturated heterocycles. The highest BCUT2D eigenvalue weighted by molar-refractivity contribution is 5.83. The van der Waals surface area contributed by atoms with Crippen LogP contribution in [0.2, 0.25) is 0 Å². The molecular weight excluding hydrogens is 242 g/mol. The molecule has 0 aromatic carbocycles. The lowest BCUT2D eigenvalue weighted by molar-refractivity contribution is -0.872. The van der Waals surface area contributed by atoms with E-state index in [9.17, 15) is 14.7 Å². The van der Waals surface area contributed by atoms with Crippen LogP contribution in [0.4, 0.5) is 0 Å². The van der Waals surface area contributed by atoms with Crippen molar-refractivity contribution in [1.29, 1.82) is 0 Å². The average molecular weight is 272 g/mol. The summed E-state index contributed by atoms with van der Waals surface area (Å²) in [6.07, 6.45) is 4.18. The number of likely N-dealkylation sites (N-methyl/N-ethyl adjacent to an activating group) is 1. The molecule has 0 saturated carbocycles. The smallest absolute Gasteiger partial charge is 0.167 e. The molecule has 0 fully saturated rings. The molecule has 0 heterocycles. The van der Waals surface area contributed by atoms with Crippen molar-refractivity contribution < 1.29 is 19.2 Å². The van der Waals surface area contributed by atoms with Gasteiger partial charge in [-0.1, -0.05) is 13.3 Å². The Balaban J connectivity index is 3.71. The van der Waals surface area contributed by atoms with Gasteiger partial charge in [-0.25, -0.2) is 0 Å². The Morgan fingerprint density at radius 2 is 1.53 bits per heavy atom. The van der Waals surface area contributed by atoms with Gasteiger partial charge >= 0.3 is 0 Å². The van der Waals surface area contributed by atoms with E-state index in [0.717, 1.165) is 19.3 Å². The van der Waals surface area contributed by atoms with E-state index in [1.165, 1.54) is 0 Å². The zero-order valence-corrected chi connectivity index (χ0v) is 12.9. The molecule has 1 atom stereocenters. The van der Waals surface area contributed by atoms with Crippen LogP contribution in [0.15, 0.2) is 0 Å². The first-order valence-corrected chi connectivity index (χ1v) is 7.29. The first kappa shape index (κ1) is 18.3. The van der Waals surface area contributed by atoms with Gasteiger partial charge in [0, 0.05) is 19.3 Å². The summed E-state index contributed by atoms with van der Waals surface area (Å²) in [5.41, 5.74) is 0. The highest BCUT2D eigenvalue weighted by Gasteiger charge is 2.21. The third-order valence-corrected chi connectivity index (χ3v) is 3.03. The summed E-state index contributed by atoms with van der Waals surface area (Å²) >= 11 is 0. The number of rotatable bonds is 11. The third kappa shape index (κ3) is 10.8. The maximum Gasteiger partial charge on any atom is 0.167 e. The predicted octanol–water partition coefficient (Wildman–Crippen LogP) is 1.94. The number of aliphatic hydroxyl groups is 1. The summed E-state index contributed by atoms with van der Waals surface area (Å²) in [5, 5.41) is 9.75. The molecule has 1 unspecified atom stereocenters. The summed E-state index contributed by atoms with van der Waals surface area (Å²) in [7, 11) is 5.84. The lowest BCUT2D eigenvalue weighted by Crippen LogP contribution is -2.44. The molecule has 0 aliphatic heterocycles. The molecule has 0 bridgehead atoms. The van der Waals surface area contributed by atoms with Crippen LogP contribution in [-0.2, 0) is 9.59 Å². The Morgan fingerprint density at radius 3 is 2.05 bits per heavy atom. The SMILES string of the molecule is CCCCC(=O)CCCCC(=O)C(O)C[N+](C)(C)C. The lowest BCUT2D eigenvalue weighted by atomic mass is 10.0. The van der Waals surface area contributed by atoms with Crippen LogP contribution in [0.1, 0.15) is 51.9 Å². The van der Waals surface area contributed by atoms with E-state index < -0.39 is 6.10 Å². The summed E-state index contributed by atoms with van der Waals surface area (Å²) in [4.78, 5) is 23.1. The van der Waals surface area contributed by atoms with Crippen molar-refractivity contribution in [1.82, 2.24) is 0 Å². The van der Waals surface area contributed by atoms with Gasteiger partial charge in [0.15, 0.2) is 11.9 Å². The van der Waals surface area contributed by atoms with Crippen molar-refractivity contribution in [3.63, 3.8) is 0 Å². The van der Waals surface area contributed by atoms with E-state index >= 15 is 0 Å². The molecule has 0 rings (SSSR count). The molecule has 0 spiro atoms. The second-order valence-electron chi connectivity index (χ2n) is 6.30. The van der Waals surface area contributed by atoms with Crippen LogP contribution in [-0.4, -0.2) is 54.9 Å². The van der Waals surface area contributed by atoms with Crippen LogP contribution in [0, 0.1) is 0 Å². The maximum atomic E-state index is 11.7. The normalized spacial score (nSPS) is 13.3. The number of carbonyl (C=O) groups excluding carboxylic acids is 2.